The second kappa shape index (κ2) is 2.64. The van der Waals surface area contributed by atoms with Crippen LogP contribution in [0.4, 0.5) is 0 Å². The molecule has 0 heterocycles. The van der Waals surface area contributed by atoms with Gasteiger partial charge in [0.2, 0.25) is 0 Å². The van der Waals surface area contributed by atoms with E-state index in [1.165, 1.54) is 13.0 Å². The Morgan fingerprint density at radius 1 is 1.83 bits per heavy atom. The van der Waals surface area contributed by atoms with E-state index in [0.29, 0.717) is 0 Å². The highest BCUT2D eigenvalue weighted by atomic mass is 16.1. The Labute approximate surface area is 39.2 Å². The summed E-state index contributed by atoms with van der Waals surface area (Å²) in [4.78, 5) is 9.96. The Morgan fingerprint density at radius 2 is 2.33 bits per heavy atom. The number of carbonyl (C=O) groups excluding carboxylic acids is 1. The number of carbonyl (C=O) groups is 1. The van der Waals surface area contributed by atoms with Crippen LogP contribution in [-0.4, -0.2) is 5.78 Å². The summed E-state index contributed by atoms with van der Waals surface area (Å²) in [5, 5.41) is 0. The summed E-state index contributed by atoms with van der Waals surface area (Å²) in [6.45, 7) is 3.35. The first kappa shape index (κ1) is 5.41. The number of ketones is 1. The topological polar surface area (TPSA) is 17.1 Å². The van der Waals surface area contributed by atoms with E-state index in [0.717, 1.165) is 0 Å². The SMILES string of the molecule is CC=CC(C)=O.[HH]. The minimum atomic E-state index is 0. The fourth-order valence-electron chi connectivity index (χ4n) is 0.235. The third-order valence-electron chi connectivity index (χ3n) is 0.401. The molecule has 0 radical (unpaired) electrons. The van der Waals surface area contributed by atoms with Crippen LogP contribution in [0.2, 0.25) is 0 Å². The average Bonchev–Trinajstić information content (AvgIpc) is 1.35. The molecule has 0 aromatic heterocycles. The zero-order valence-corrected chi connectivity index (χ0v) is 4.06. The van der Waals surface area contributed by atoms with E-state index in [1.54, 1.807) is 6.08 Å². The first-order chi connectivity index (χ1) is 2.77. The van der Waals surface area contributed by atoms with Crippen molar-refractivity contribution in [3.05, 3.63) is 12.2 Å². The maximum absolute atomic E-state index is 9.96. The molecule has 0 N–H and O–H groups in total. The van der Waals surface area contributed by atoms with Gasteiger partial charge < -0.3 is 0 Å². The lowest BCUT2D eigenvalue weighted by atomic mass is 10.4. The molecule has 0 aliphatic heterocycles. The normalized spacial score (nSPS) is 9.67. The van der Waals surface area contributed by atoms with Gasteiger partial charge in [0.15, 0.2) is 5.78 Å². The van der Waals surface area contributed by atoms with Crippen LogP contribution in [0, 0.1) is 0 Å². The molecule has 6 heavy (non-hydrogen) atoms. The Balaban J connectivity index is 0. The zero-order chi connectivity index (χ0) is 4.99. The van der Waals surface area contributed by atoms with Crippen LogP contribution in [0.15, 0.2) is 12.2 Å². The van der Waals surface area contributed by atoms with Crippen LogP contribution in [-0.2, 0) is 4.79 Å². The standard InChI is InChI=1S/C5H8O.H2/c1-3-4-5(2)6;/h3-4H,1-2H3;1H. The molecule has 36 valence electrons. The highest BCUT2D eigenvalue weighted by Gasteiger charge is 1.73. The molecule has 0 aromatic carbocycles. The van der Waals surface area contributed by atoms with E-state index >= 15 is 0 Å². The molecule has 0 aromatic rings. The Kier molecular flexibility index (Phi) is 2.38. The van der Waals surface area contributed by atoms with E-state index in [4.69, 9.17) is 0 Å². The van der Waals surface area contributed by atoms with Gasteiger partial charge in [-0.1, -0.05) is 6.08 Å². The molecule has 0 spiro atoms. The summed E-state index contributed by atoms with van der Waals surface area (Å²) >= 11 is 0. The molecule has 0 aliphatic rings. The molecular weight excluding hydrogens is 76.1 g/mol. The molecule has 0 amide bonds. The molecule has 0 aliphatic carbocycles. The lowest BCUT2D eigenvalue weighted by Gasteiger charge is -1.68. The second-order valence-electron chi connectivity index (χ2n) is 1.11. The first-order valence-corrected chi connectivity index (χ1v) is 1.90. The summed E-state index contributed by atoms with van der Waals surface area (Å²) in [5.74, 6) is 0.109. The van der Waals surface area contributed by atoms with Gasteiger partial charge in [-0.05, 0) is 19.9 Å². The second-order valence-corrected chi connectivity index (χ2v) is 1.11. The minimum Gasteiger partial charge on any atom is -0.295 e. The maximum Gasteiger partial charge on any atom is 0.152 e. The van der Waals surface area contributed by atoms with Gasteiger partial charge in [-0.2, -0.15) is 0 Å². The molecule has 0 unspecified atom stereocenters. The predicted octanol–water partition coefficient (Wildman–Crippen LogP) is 1.40. The summed E-state index contributed by atoms with van der Waals surface area (Å²) in [5.41, 5.74) is 0. The molecule has 1 heteroatoms. The summed E-state index contributed by atoms with van der Waals surface area (Å²) in [7, 11) is 0. The highest BCUT2D eigenvalue weighted by Crippen LogP contribution is 1.69. The Hall–Kier alpha value is -0.590. The van der Waals surface area contributed by atoms with Gasteiger partial charge in [-0.15, -0.1) is 0 Å². The van der Waals surface area contributed by atoms with E-state index in [1.807, 2.05) is 6.92 Å². The van der Waals surface area contributed by atoms with E-state index in [9.17, 15) is 4.79 Å². The quantitative estimate of drug-likeness (QED) is 0.441. The van der Waals surface area contributed by atoms with Crippen LogP contribution in [0.5, 0.6) is 0 Å². The zero-order valence-electron chi connectivity index (χ0n) is 4.06. The van der Waals surface area contributed by atoms with Crippen LogP contribution >= 0.6 is 0 Å². The van der Waals surface area contributed by atoms with Gasteiger partial charge >= 0.3 is 0 Å². The maximum atomic E-state index is 9.96. The molecule has 0 saturated carbocycles. The molecule has 0 atom stereocenters. The van der Waals surface area contributed by atoms with Crippen molar-refractivity contribution >= 4 is 5.78 Å². The van der Waals surface area contributed by atoms with Crippen LogP contribution in [0.25, 0.3) is 0 Å². The monoisotopic (exact) mass is 86.1 g/mol. The van der Waals surface area contributed by atoms with Crippen LogP contribution < -0.4 is 0 Å². The lowest BCUT2D eigenvalue weighted by molar-refractivity contribution is -0.112. The fraction of sp³-hybridized carbons (Fsp3) is 0.400. The molecule has 0 rings (SSSR count). The average molecular weight is 86.1 g/mol. The highest BCUT2D eigenvalue weighted by molar-refractivity contribution is 5.87. The number of hydrogen-bond donors (Lipinski definition) is 0. The van der Waals surface area contributed by atoms with Gasteiger partial charge in [-0.3, -0.25) is 4.79 Å². The van der Waals surface area contributed by atoms with Gasteiger partial charge in [0.1, 0.15) is 0 Å². The first-order valence-electron chi connectivity index (χ1n) is 1.90. The molecule has 0 bridgehead atoms. The van der Waals surface area contributed by atoms with E-state index < -0.39 is 0 Å². The van der Waals surface area contributed by atoms with Crippen LogP contribution in [0.1, 0.15) is 15.3 Å². The van der Waals surface area contributed by atoms with Crippen molar-refractivity contribution in [2.45, 2.75) is 13.8 Å². The van der Waals surface area contributed by atoms with Crippen molar-refractivity contribution in [1.82, 2.24) is 0 Å². The van der Waals surface area contributed by atoms with Crippen molar-refractivity contribution in [3.63, 3.8) is 0 Å². The molecule has 0 fully saturated rings. The Morgan fingerprint density at radius 3 is 2.33 bits per heavy atom. The van der Waals surface area contributed by atoms with Gasteiger partial charge in [0, 0.05) is 1.43 Å². The van der Waals surface area contributed by atoms with Crippen molar-refractivity contribution < 1.29 is 6.22 Å². The third-order valence-corrected chi connectivity index (χ3v) is 0.401. The molecule has 1 nitrogen and oxygen atoms in total. The van der Waals surface area contributed by atoms with Gasteiger partial charge in [0.25, 0.3) is 0 Å². The van der Waals surface area contributed by atoms with Crippen LogP contribution in [0.3, 0.4) is 0 Å². The predicted molar refractivity (Wildman–Crippen MR) is 27.6 cm³/mol. The number of rotatable bonds is 1. The Bertz CT molecular complexity index is 76.1. The summed E-state index contributed by atoms with van der Waals surface area (Å²) < 4.78 is 0. The number of allylic oxidation sites excluding steroid dienone is 2. The van der Waals surface area contributed by atoms with Crippen molar-refractivity contribution in [2.24, 2.45) is 0 Å². The van der Waals surface area contributed by atoms with E-state index in [-0.39, 0.29) is 7.21 Å². The largest absolute Gasteiger partial charge is 0.295 e. The molecule has 0 saturated heterocycles. The van der Waals surface area contributed by atoms with Crippen molar-refractivity contribution in [1.29, 1.82) is 0 Å². The minimum absolute atomic E-state index is 0. The van der Waals surface area contributed by atoms with Crippen molar-refractivity contribution in [2.75, 3.05) is 0 Å². The smallest absolute Gasteiger partial charge is 0.152 e. The molecular formula is C5H10O. The van der Waals surface area contributed by atoms with E-state index in [2.05, 4.69) is 0 Å². The lowest BCUT2D eigenvalue weighted by Crippen LogP contribution is -1.76. The van der Waals surface area contributed by atoms with Gasteiger partial charge in [0.05, 0.1) is 0 Å². The fourth-order valence-corrected chi connectivity index (χ4v) is 0.235. The summed E-state index contributed by atoms with van der Waals surface area (Å²) in [6.07, 6.45) is 3.25. The van der Waals surface area contributed by atoms with Gasteiger partial charge in [-0.25, -0.2) is 0 Å². The number of hydrogen-bond acceptors (Lipinski definition) is 1. The summed E-state index contributed by atoms with van der Waals surface area (Å²) in [6, 6.07) is 0. The third kappa shape index (κ3) is 3.41. The van der Waals surface area contributed by atoms with Crippen molar-refractivity contribution in [3.8, 4) is 0 Å².